The average Bonchev–Trinajstić information content (AvgIpc) is 3.19. The van der Waals surface area contributed by atoms with E-state index in [0.29, 0.717) is 0 Å². The van der Waals surface area contributed by atoms with Gasteiger partial charge in [-0.15, -0.1) is 0 Å². The summed E-state index contributed by atoms with van der Waals surface area (Å²) in [6.45, 7) is 6.55. The van der Waals surface area contributed by atoms with E-state index in [1.807, 2.05) is 12.4 Å². The Bertz CT molecular complexity index is 1600. The van der Waals surface area contributed by atoms with E-state index >= 15 is 0 Å². The van der Waals surface area contributed by atoms with E-state index in [1.165, 1.54) is 49.5 Å². The smallest absolute Gasteiger partial charge is 0.0346 e. The first-order valence-electron chi connectivity index (χ1n) is 11.3. The lowest BCUT2D eigenvalue weighted by atomic mass is 9.92. The van der Waals surface area contributed by atoms with Gasteiger partial charge in [0.25, 0.3) is 0 Å². The molecule has 0 atom stereocenters. The number of hydrogen-bond acceptors (Lipinski definition) is 1. The van der Waals surface area contributed by atoms with Crippen LogP contribution in [0.4, 0.5) is 0 Å². The molecule has 6 rings (SSSR count). The van der Waals surface area contributed by atoms with Crippen molar-refractivity contribution < 1.29 is 0 Å². The van der Waals surface area contributed by atoms with E-state index in [9.17, 15) is 0 Å². The van der Waals surface area contributed by atoms with Gasteiger partial charge in [0.1, 0.15) is 0 Å². The summed E-state index contributed by atoms with van der Waals surface area (Å²) in [4.78, 5) is 4.23. The predicted molar refractivity (Wildman–Crippen MR) is 142 cm³/mol. The molecule has 0 bridgehead atoms. The van der Waals surface area contributed by atoms with Gasteiger partial charge in [-0.05, 0) is 85.8 Å². The van der Waals surface area contributed by atoms with Crippen LogP contribution in [0.15, 0.2) is 116 Å². The van der Waals surface area contributed by atoms with Crippen molar-refractivity contribution in [3.8, 4) is 22.3 Å². The van der Waals surface area contributed by atoms with Crippen LogP contribution in [0.2, 0.25) is 0 Å². The lowest BCUT2D eigenvalue weighted by Crippen LogP contribution is -1.88. The van der Waals surface area contributed by atoms with Crippen LogP contribution in [0.1, 0.15) is 18.1 Å². The van der Waals surface area contributed by atoms with Gasteiger partial charge in [0.15, 0.2) is 0 Å². The molecule has 0 N–H and O–H groups in total. The van der Waals surface area contributed by atoms with Crippen molar-refractivity contribution >= 4 is 32.7 Å². The normalized spacial score (nSPS) is 12.6. The molecule has 1 aliphatic carbocycles. The average molecular weight is 422 g/mol. The first kappa shape index (κ1) is 19.5. The summed E-state index contributed by atoms with van der Waals surface area (Å²) >= 11 is 0. The van der Waals surface area contributed by atoms with Gasteiger partial charge in [0.2, 0.25) is 0 Å². The van der Waals surface area contributed by atoms with Crippen LogP contribution in [0.25, 0.3) is 54.9 Å². The van der Waals surface area contributed by atoms with Crippen molar-refractivity contribution in [3.05, 3.63) is 127 Å². The molecule has 1 heteroatoms. The van der Waals surface area contributed by atoms with Gasteiger partial charge < -0.3 is 0 Å². The van der Waals surface area contributed by atoms with Gasteiger partial charge >= 0.3 is 0 Å². The van der Waals surface area contributed by atoms with E-state index < -0.39 is 0 Å². The largest absolute Gasteiger partial charge is 0.264 e. The molecule has 4 aromatic carbocycles. The highest BCUT2D eigenvalue weighted by atomic mass is 14.6. The fraction of sp³-hybridized carbons (Fsp3) is 0.0312. The lowest BCUT2D eigenvalue weighted by molar-refractivity contribution is 1.36. The van der Waals surface area contributed by atoms with Crippen molar-refractivity contribution in [1.82, 2.24) is 4.98 Å². The molecule has 0 spiro atoms. The minimum Gasteiger partial charge on any atom is -0.264 e. The Morgan fingerprint density at radius 2 is 1.58 bits per heavy atom. The van der Waals surface area contributed by atoms with Gasteiger partial charge in [0.05, 0.1) is 0 Å². The number of allylic oxidation sites excluding steroid dienone is 5. The van der Waals surface area contributed by atoms with Crippen LogP contribution in [0, 0.1) is 0 Å². The van der Waals surface area contributed by atoms with Crippen LogP contribution < -0.4 is 0 Å². The summed E-state index contributed by atoms with van der Waals surface area (Å²) in [5.41, 5.74) is 9.77. The van der Waals surface area contributed by atoms with Crippen LogP contribution in [0.5, 0.6) is 0 Å². The maximum absolute atomic E-state index is 4.49. The topological polar surface area (TPSA) is 12.9 Å². The van der Waals surface area contributed by atoms with Gasteiger partial charge in [-0.25, -0.2) is 0 Å². The highest BCUT2D eigenvalue weighted by Gasteiger charge is 2.22. The quantitative estimate of drug-likeness (QED) is 0.259. The SMILES string of the molecule is C=C(/C=C(\C=C/C)c1ccc2cnccc2c1)c1ccc2c3c(cccc13)-c1ccccc1-2. The van der Waals surface area contributed by atoms with Gasteiger partial charge in [0, 0.05) is 17.8 Å². The highest BCUT2D eigenvalue weighted by Crippen LogP contribution is 2.48. The summed E-state index contributed by atoms with van der Waals surface area (Å²) in [6.07, 6.45) is 10.2. The molecule has 0 saturated heterocycles. The molecular weight excluding hydrogens is 398 g/mol. The van der Waals surface area contributed by atoms with E-state index in [-0.39, 0.29) is 0 Å². The van der Waals surface area contributed by atoms with Crippen molar-refractivity contribution in [2.24, 2.45) is 0 Å². The van der Waals surface area contributed by atoms with E-state index in [4.69, 9.17) is 0 Å². The van der Waals surface area contributed by atoms with Crippen LogP contribution >= 0.6 is 0 Å². The second kappa shape index (κ2) is 7.72. The van der Waals surface area contributed by atoms with Crippen molar-refractivity contribution in [3.63, 3.8) is 0 Å². The number of aromatic nitrogens is 1. The molecule has 0 unspecified atom stereocenters. The number of hydrogen-bond donors (Lipinski definition) is 0. The molecule has 5 aromatic rings. The number of fused-ring (bicyclic) bond motifs is 4. The Kier molecular flexibility index (Phi) is 4.55. The molecule has 156 valence electrons. The summed E-state index contributed by atoms with van der Waals surface area (Å²) in [5.74, 6) is 0. The number of rotatable bonds is 4. The molecule has 1 heterocycles. The second-order valence-electron chi connectivity index (χ2n) is 8.50. The summed E-state index contributed by atoms with van der Waals surface area (Å²) < 4.78 is 0. The van der Waals surface area contributed by atoms with Gasteiger partial charge in [-0.2, -0.15) is 0 Å². The molecule has 33 heavy (non-hydrogen) atoms. The Balaban J connectivity index is 1.49. The summed E-state index contributed by atoms with van der Waals surface area (Å²) in [7, 11) is 0. The summed E-state index contributed by atoms with van der Waals surface area (Å²) in [5, 5.41) is 4.92. The van der Waals surface area contributed by atoms with Crippen LogP contribution in [-0.4, -0.2) is 4.98 Å². The van der Waals surface area contributed by atoms with E-state index in [2.05, 4.69) is 116 Å². The van der Waals surface area contributed by atoms with Crippen molar-refractivity contribution in [1.29, 1.82) is 0 Å². The predicted octanol–water partition coefficient (Wildman–Crippen LogP) is 8.71. The lowest BCUT2D eigenvalue weighted by Gasteiger charge is -2.11. The number of benzene rings is 4. The molecule has 1 aromatic heterocycles. The van der Waals surface area contributed by atoms with Crippen molar-refractivity contribution in [2.45, 2.75) is 6.92 Å². The minimum absolute atomic E-state index is 1.01. The third-order valence-corrected chi connectivity index (χ3v) is 6.54. The Labute approximate surface area is 194 Å². The molecule has 0 saturated carbocycles. The Hall–Kier alpha value is -4.23. The molecule has 0 aliphatic heterocycles. The molecule has 0 amide bonds. The van der Waals surface area contributed by atoms with Crippen molar-refractivity contribution in [2.75, 3.05) is 0 Å². The maximum atomic E-state index is 4.49. The Morgan fingerprint density at radius 3 is 2.39 bits per heavy atom. The number of nitrogens with zero attached hydrogens (tertiary/aromatic N) is 1. The Morgan fingerprint density at radius 1 is 0.788 bits per heavy atom. The van der Waals surface area contributed by atoms with Gasteiger partial charge in [-0.1, -0.05) is 85.5 Å². The van der Waals surface area contributed by atoms with E-state index in [0.717, 1.165) is 16.5 Å². The molecule has 1 nitrogen and oxygen atoms in total. The minimum atomic E-state index is 1.01. The van der Waals surface area contributed by atoms with Crippen LogP contribution in [-0.2, 0) is 0 Å². The zero-order valence-corrected chi connectivity index (χ0v) is 18.5. The zero-order chi connectivity index (χ0) is 22.4. The first-order valence-corrected chi connectivity index (χ1v) is 11.3. The molecule has 0 radical (unpaired) electrons. The first-order chi connectivity index (χ1) is 16.2. The monoisotopic (exact) mass is 421 g/mol. The molecule has 1 aliphatic rings. The fourth-order valence-electron chi connectivity index (χ4n) is 5.02. The maximum Gasteiger partial charge on any atom is 0.0346 e. The van der Waals surface area contributed by atoms with Gasteiger partial charge in [-0.3, -0.25) is 4.98 Å². The van der Waals surface area contributed by atoms with E-state index in [1.54, 1.807) is 0 Å². The summed E-state index contributed by atoms with van der Waals surface area (Å²) in [6, 6.07) is 28.3. The highest BCUT2D eigenvalue weighted by molar-refractivity contribution is 6.18. The second-order valence-corrected chi connectivity index (χ2v) is 8.50. The third kappa shape index (κ3) is 3.13. The fourth-order valence-corrected chi connectivity index (χ4v) is 5.02. The standard InChI is InChI=1S/C32H23N/c1-3-7-22(23-12-13-25-20-33-17-16-24(25)19-23)18-21(2)26-14-15-31-28-9-5-4-8-27(28)30-11-6-10-29(26)32(30)31/h3-20H,2H2,1H3/b7-3-,22-18+. The zero-order valence-electron chi connectivity index (χ0n) is 18.5. The number of pyridine rings is 1. The van der Waals surface area contributed by atoms with Crippen LogP contribution in [0.3, 0.4) is 0 Å². The molecular formula is C32H23N. The third-order valence-electron chi connectivity index (χ3n) is 6.54. The molecule has 0 fully saturated rings.